The number of amides is 1. The largest absolute Gasteiger partial charge is 0.469 e. The van der Waals surface area contributed by atoms with Crippen LogP contribution in [-0.4, -0.2) is 52.9 Å². The van der Waals surface area contributed by atoms with Crippen LogP contribution in [0.2, 0.25) is 0 Å². The van der Waals surface area contributed by atoms with Gasteiger partial charge in [-0.1, -0.05) is 6.42 Å². The minimum absolute atomic E-state index is 0.0399. The van der Waals surface area contributed by atoms with E-state index in [9.17, 15) is 9.59 Å². The predicted molar refractivity (Wildman–Crippen MR) is 84.5 cm³/mol. The molecule has 2 heterocycles. The van der Waals surface area contributed by atoms with Crippen molar-refractivity contribution in [1.29, 1.82) is 0 Å². The molecule has 2 aliphatic heterocycles. The van der Waals surface area contributed by atoms with Crippen LogP contribution in [0.3, 0.4) is 0 Å². The summed E-state index contributed by atoms with van der Waals surface area (Å²) in [6.45, 7) is 6.36. The molecule has 2 saturated heterocycles. The van der Waals surface area contributed by atoms with Crippen LogP contribution in [0.25, 0.3) is 0 Å². The van der Waals surface area contributed by atoms with Gasteiger partial charge in [-0.3, -0.25) is 4.79 Å². The van der Waals surface area contributed by atoms with Gasteiger partial charge in [0.15, 0.2) is 0 Å². The van der Waals surface area contributed by atoms with Crippen LogP contribution in [0.4, 0.5) is 4.79 Å². The Balaban J connectivity index is 1.83. The summed E-state index contributed by atoms with van der Waals surface area (Å²) < 4.78 is 10.4. The molecule has 23 heavy (non-hydrogen) atoms. The maximum atomic E-state index is 12.7. The number of ether oxygens (including phenoxy) is 2. The number of esters is 1. The van der Waals surface area contributed by atoms with Crippen molar-refractivity contribution in [3.63, 3.8) is 0 Å². The molecule has 3 atom stereocenters. The highest BCUT2D eigenvalue weighted by Gasteiger charge is 2.62. The fraction of sp³-hybridized carbons (Fsp3) is 0.882. The third kappa shape index (κ3) is 2.82. The molecule has 1 spiro atoms. The minimum atomic E-state index is -0.514. The lowest BCUT2D eigenvalue weighted by Crippen LogP contribution is -2.53. The number of carbonyl (C=O) groups is 2. The van der Waals surface area contributed by atoms with Gasteiger partial charge in [0.2, 0.25) is 0 Å². The Morgan fingerprint density at radius 3 is 2.61 bits per heavy atom. The van der Waals surface area contributed by atoms with Crippen LogP contribution in [-0.2, 0) is 14.3 Å². The molecule has 1 saturated carbocycles. The van der Waals surface area contributed by atoms with Crippen molar-refractivity contribution in [3.8, 4) is 0 Å². The number of nitrogens with zero attached hydrogens (tertiary/aromatic N) is 2. The van der Waals surface area contributed by atoms with Gasteiger partial charge in [0, 0.05) is 18.1 Å². The highest BCUT2D eigenvalue weighted by atomic mass is 16.6. The monoisotopic (exact) mass is 324 g/mol. The van der Waals surface area contributed by atoms with Crippen molar-refractivity contribution in [2.75, 3.05) is 13.7 Å². The Morgan fingerprint density at radius 1 is 1.22 bits per heavy atom. The topological polar surface area (TPSA) is 59.1 Å². The second kappa shape index (κ2) is 5.65. The van der Waals surface area contributed by atoms with Crippen molar-refractivity contribution in [1.82, 2.24) is 10.0 Å². The third-order valence-electron chi connectivity index (χ3n) is 5.52. The number of hydrogen-bond donors (Lipinski definition) is 0. The summed E-state index contributed by atoms with van der Waals surface area (Å²) >= 11 is 0. The van der Waals surface area contributed by atoms with Crippen molar-refractivity contribution >= 4 is 12.1 Å². The normalized spacial score (nSPS) is 33.5. The highest BCUT2D eigenvalue weighted by molar-refractivity contribution is 5.71. The molecule has 0 bridgehead atoms. The quantitative estimate of drug-likeness (QED) is 0.731. The van der Waals surface area contributed by atoms with Crippen LogP contribution in [0.5, 0.6) is 0 Å². The molecule has 3 rings (SSSR count). The molecule has 6 nitrogen and oxygen atoms in total. The zero-order valence-corrected chi connectivity index (χ0v) is 14.6. The van der Waals surface area contributed by atoms with Crippen LogP contribution in [0, 0.1) is 5.92 Å². The van der Waals surface area contributed by atoms with E-state index in [-0.39, 0.29) is 23.6 Å². The minimum Gasteiger partial charge on any atom is -0.469 e. The van der Waals surface area contributed by atoms with Gasteiger partial charge in [-0.2, -0.15) is 0 Å². The lowest BCUT2D eigenvalue weighted by atomic mass is 9.87. The molecule has 0 aromatic rings. The Hall–Kier alpha value is -1.30. The van der Waals surface area contributed by atoms with Crippen LogP contribution in [0.15, 0.2) is 0 Å². The SMILES string of the molecule is COC(=O)C[C@H]1CC[C@]23CCC[C@H]2CN(C(=O)OC(C)(C)C)N13. The molecule has 0 radical (unpaired) electrons. The first kappa shape index (κ1) is 16.6. The summed E-state index contributed by atoms with van der Waals surface area (Å²) in [5.41, 5.74) is -0.463. The van der Waals surface area contributed by atoms with E-state index >= 15 is 0 Å². The molecule has 0 aromatic heterocycles. The molecule has 0 aromatic carbocycles. The number of hydrogen-bond acceptors (Lipinski definition) is 5. The molecule has 3 aliphatic rings. The van der Waals surface area contributed by atoms with E-state index in [1.54, 1.807) is 5.01 Å². The Labute approximate surface area is 138 Å². The molecular weight excluding hydrogens is 296 g/mol. The van der Waals surface area contributed by atoms with E-state index < -0.39 is 5.60 Å². The van der Waals surface area contributed by atoms with E-state index in [1.165, 1.54) is 13.5 Å². The second-order valence-corrected chi connectivity index (χ2v) is 8.07. The zero-order valence-electron chi connectivity index (χ0n) is 14.6. The first-order chi connectivity index (χ1) is 10.8. The summed E-state index contributed by atoms with van der Waals surface area (Å²) in [5, 5.41) is 3.96. The molecule has 3 fully saturated rings. The first-order valence-electron chi connectivity index (χ1n) is 8.63. The van der Waals surface area contributed by atoms with Crippen molar-refractivity contribution in [2.24, 2.45) is 5.92 Å². The average molecular weight is 324 g/mol. The zero-order chi connectivity index (χ0) is 16.8. The van der Waals surface area contributed by atoms with Gasteiger partial charge in [-0.05, 0) is 52.4 Å². The summed E-state index contributed by atoms with van der Waals surface area (Å²) in [6, 6.07) is 0.0399. The lowest BCUT2D eigenvalue weighted by molar-refractivity contribution is -0.144. The van der Waals surface area contributed by atoms with Gasteiger partial charge < -0.3 is 9.47 Å². The van der Waals surface area contributed by atoms with Crippen LogP contribution >= 0.6 is 0 Å². The number of carbonyl (C=O) groups excluding carboxylic acids is 2. The fourth-order valence-corrected chi connectivity index (χ4v) is 4.71. The summed E-state index contributed by atoms with van der Waals surface area (Å²) in [5.74, 6) is 0.287. The predicted octanol–water partition coefficient (Wildman–Crippen LogP) is 2.72. The van der Waals surface area contributed by atoms with E-state index in [1.807, 2.05) is 20.8 Å². The number of methoxy groups -OCH3 is 1. The second-order valence-electron chi connectivity index (χ2n) is 8.07. The molecule has 6 heteroatoms. The van der Waals surface area contributed by atoms with Crippen LogP contribution in [0.1, 0.15) is 59.3 Å². The van der Waals surface area contributed by atoms with E-state index in [4.69, 9.17) is 9.47 Å². The fourth-order valence-electron chi connectivity index (χ4n) is 4.71. The van der Waals surface area contributed by atoms with Gasteiger partial charge in [-0.15, -0.1) is 0 Å². The molecule has 0 unspecified atom stereocenters. The standard InChI is InChI=1S/C17H28N2O4/c1-16(2,3)23-15(21)18-11-12-6-5-8-17(12)9-7-13(19(17)18)10-14(20)22-4/h12-13H,5-11H2,1-4H3/t12-,13+,17+/m0/s1. The van der Waals surface area contributed by atoms with Crippen molar-refractivity contribution < 1.29 is 19.1 Å². The van der Waals surface area contributed by atoms with E-state index in [0.29, 0.717) is 18.9 Å². The van der Waals surface area contributed by atoms with Gasteiger partial charge >= 0.3 is 12.1 Å². The third-order valence-corrected chi connectivity index (χ3v) is 5.52. The highest BCUT2D eigenvalue weighted by Crippen LogP contribution is 2.55. The van der Waals surface area contributed by atoms with Crippen molar-refractivity contribution in [2.45, 2.75) is 76.5 Å². The molecule has 0 N–H and O–H groups in total. The van der Waals surface area contributed by atoms with Gasteiger partial charge in [0.05, 0.1) is 13.5 Å². The van der Waals surface area contributed by atoms with Crippen LogP contribution < -0.4 is 0 Å². The molecular formula is C17H28N2O4. The van der Waals surface area contributed by atoms with E-state index in [2.05, 4.69) is 5.01 Å². The molecule has 1 aliphatic carbocycles. The van der Waals surface area contributed by atoms with Gasteiger partial charge in [-0.25, -0.2) is 14.8 Å². The summed E-state index contributed by atoms with van der Waals surface area (Å²) in [7, 11) is 1.42. The van der Waals surface area contributed by atoms with E-state index in [0.717, 1.165) is 25.7 Å². The number of rotatable bonds is 2. The van der Waals surface area contributed by atoms with Gasteiger partial charge in [0.25, 0.3) is 0 Å². The maximum absolute atomic E-state index is 12.7. The maximum Gasteiger partial charge on any atom is 0.425 e. The first-order valence-corrected chi connectivity index (χ1v) is 8.63. The number of hydrazine groups is 1. The Kier molecular flexibility index (Phi) is 4.07. The summed E-state index contributed by atoms with van der Waals surface area (Å²) in [6.07, 6.45) is 5.50. The average Bonchev–Trinajstić information content (AvgIpc) is 3.06. The van der Waals surface area contributed by atoms with Gasteiger partial charge in [0.1, 0.15) is 5.60 Å². The smallest absolute Gasteiger partial charge is 0.425 e. The molecule has 1 amide bonds. The Morgan fingerprint density at radius 2 is 1.96 bits per heavy atom. The Bertz CT molecular complexity index is 501. The van der Waals surface area contributed by atoms with Crippen molar-refractivity contribution in [3.05, 3.63) is 0 Å². The summed E-state index contributed by atoms with van der Waals surface area (Å²) in [4.78, 5) is 24.4. The lowest BCUT2D eigenvalue weighted by Gasteiger charge is -2.39. The molecule has 130 valence electrons.